The monoisotopic (exact) mass is 1800 g/mol. The number of carbonyl (C=O) groups is 4. The molecule has 4 saturated heterocycles. The molecule has 686 valence electrons. The standard InChI is InChI=1S/C27H25F3N2O3.C27H27F3N2O3.C27H30N2O3.C24H22N4O2.2H2/c28-27(29,30)23-12-11-22-26(35-21-4-2-1-3-20(21)32(22)23)13-15-31(16-14-26)25(34)19-9-7-18(8-10-19)24(33)17-5-6-17;1-3-16-34-22-10-9-19(17-20(22)27(28,29)30)25(33)31-14-12-26(13-15-31)24-11-8-18(2)32(24)21-6-4-5-7-23(21)35-26;1-19-18-20(11-12-21(19)26(2,3)31-4)25(30)28-16-13-27(14-17-28)24-10-7-15-29(24)22-8-5-6-9-23(22)32-27;1-27-22-17-6-2-3-8-20(17)30-24(19(22)15-26-27)10-13-28(14-11-24)23(29)18-7-4-5-16-9-12-25-21(16)18;;/h1-4,7-12,17,24,33H,5-6,13-16H2;4-11,17H,3,12-16H2,1-2H3;5-12,15,18H,13-14,16-17H2,1-4H3;2-9,12,15,25H,10-11,13-14H2,1H3;2*1H. The van der Waals surface area contributed by atoms with Gasteiger partial charge in [0, 0.05) is 172 Å². The van der Waals surface area contributed by atoms with Gasteiger partial charge in [0.1, 0.15) is 40.0 Å². The summed E-state index contributed by atoms with van der Waals surface area (Å²) in [5, 5.41) is 15.9. The van der Waals surface area contributed by atoms with Crippen LogP contribution in [0.2, 0.25) is 0 Å². The van der Waals surface area contributed by atoms with E-state index in [9.17, 15) is 50.6 Å². The molecule has 132 heavy (non-hydrogen) atoms. The largest absolute Gasteiger partial charge is 0.493 e. The molecule has 1 atom stereocenters. The first-order valence-corrected chi connectivity index (χ1v) is 45.3. The number of aryl methyl sites for hydroxylation is 3. The number of piperidine rings is 4. The average Bonchev–Trinajstić information content (AvgIpc) is 1.55. The van der Waals surface area contributed by atoms with Crippen LogP contribution in [0.1, 0.15) is 198 Å². The number of aromatic nitrogens is 6. The summed E-state index contributed by atoms with van der Waals surface area (Å²) >= 11 is 0. The van der Waals surface area contributed by atoms with E-state index < -0.39 is 58.0 Å². The minimum absolute atomic E-state index is 0. The normalized spacial score (nSPS) is 17.5. The lowest BCUT2D eigenvalue weighted by molar-refractivity contribution is -0.143. The van der Waals surface area contributed by atoms with Gasteiger partial charge in [0.25, 0.3) is 23.6 Å². The van der Waals surface area contributed by atoms with E-state index in [2.05, 4.69) is 61.8 Å². The Bertz CT molecular complexity index is 6550. The van der Waals surface area contributed by atoms with Crippen LogP contribution in [-0.4, -0.2) is 143 Å². The van der Waals surface area contributed by atoms with E-state index in [1.54, 1.807) is 65.4 Å². The number of fused-ring (bicyclic) bond motifs is 17. The summed E-state index contributed by atoms with van der Waals surface area (Å²) < 4.78 is 127. The van der Waals surface area contributed by atoms with Crippen molar-refractivity contribution in [1.29, 1.82) is 0 Å². The smallest absolute Gasteiger partial charge is 0.431 e. The van der Waals surface area contributed by atoms with E-state index >= 15 is 0 Å². The van der Waals surface area contributed by atoms with Gasteiger partial charge in [-0.25, -0.2) is 0 Å². The second-order valence-electron chi connectivity index (χ2n) is 36.3. The number of rotatable bonds is 11. The number of hydrogen-bond donors (Lipinski definition) is 2. The molecule has 9 aliphatic rings. The van der Waals surface area contributed by atoms with Crippen molar-refractivity contribution in [3.63, 3.8) is 0 Å². The first kappa shape index (κ1) is 88.0. The molecule has 4 spiro atoms. The highest BCUT2D eigenvalue weighted by molar-refractivity contribution is 6.06. The number of carbonyl (C=O) groups excluding carboxylic acids is 4. The maximum absolute atomic E-state index is 13.8. The molecule has 5 aromatic heterocycles. The van der Waals surface area contributed by atoms with Crippen molar-refractivity contribution in [2.75, 3.05) is 66.1 Å². The summed E-state index contributed by atoms with van der Waals surface area (Å²) in [6.45, 7) is 14.3. The Labute approximate surface area is 764 Å². The number of ether oxygens (including phenoxy) is 6. The van der Waals surface area contributed by atoms with E-state index in [1.165, 1.54) is 28.5 Å². The first-order chi connectivity index (χ1) is 63.5. The highest BCUT2D eigenvalue weighted by atomic mass is 19.4. The van der Waals surface area contributed by atoms with Gasteiger partial charge in [0.15, 0.2) is 16.8 Å². The lowest BCUT2D eigenvalue weighted by atomic mass is 9.81. The van der Waals surface area contributed by atoms with Crippen molar-refractivity contribution in [2.45, 2.75) is 152 Å². The molecule has 8 aromatic carbocycles. The number of hydrogen-bond acceptors (Lipinski definition) is 12. The molecule has 13 aromatic rings. The van der Waals surface area contributed by atoms with Crippen LogP contribution in [0.5, 0.6) is 28.7 Å². The van der Waals surface area contributed by atoms with Crippen LogP contribution in [0, 0.1) is 19.8 Å². The van der Waals surface area contributed by atoms with E-state index in [4.69, 9.17) is 28.4 Å². The lowest BCUT2D eigenvalue weighted by Crippen LogP contribution is -2.50. The maximum atomic E-state index is 13.8. The third-order valence-corrected chi connectivity index (χ3v) is 28.0. The molecular weight excluding hydrogens is 1690 g/mol. The van der Waals surface area contributed by atoms with Crippen molar-refractivity contribution in [2.24, 2.45) is 13.0 Å². The Morgan fingerprint density at radius 1 is 0.523 bits per heavy atom. The number of halogens is 6. The Balaban J connectivity index is 0.000000124. The van der Waals surface area contributed by atoms with Crippen molar-refractivity contribution in [3.05, 3.63) is 316 Å². The number of aromatic amines is 1. The minimum atomic E-state index is -4.61. The van der Waals surface area contributed by atoms with Crippen LogP contribution in [0.4, 0.5) is 26.3 Å². The molecule has 0 bridgehead atoms. The van der Waals surface area contributed by atoms with Crippen LogP contribution >= 0.6 is 0 Å². The molecule has 1 unspecified atom stereocenters. The number of methoxy groups -OCH3 is 1. The average molecular weight is 1800 g/mol. The van der Waals surface area contributed by atoms with E-state index in [1.807, 2.05) is 172 Å². The fraction of sp³-hybridized carbons (Fsp3) is 0.343. The summed E-state index contributed by atoms with van der Waals surface area (Å²) in [6, 6.07) is 66.3. The van der Waals surface area contributed by atoms with Gasteiger partial charge in [-0.05, 0) is 209 Å². The first-order valence-electron chi connectivity index (χ1n) is 45.3. The molecule has 1 saturated carbocycles. The SMILES string of the molecule is CCCOc1ccc(C(=O)N2CCC3(CC2)Oc2ccccc2-n2c(C)ccc23)cc1C(F)(F)F.COC(C)(C)c1ccc(C(=O)N2CCC3(CC2)Oc2ccccc2-n2cccc23)cc1C.Cn1ncc2c1-c1ccccc1OC21CCN(C(=O)c2cccc3cc[nH]c23)CC1.O=C(c1ccc(C(O)C2CC2)cc1)N1CCC2(CC1)Oc1ccccc1-n1c(C(F)(F)F)ccc12.[HH].[HH]. The molecule has 13 heterocycles. The Hall–Kier alpha value is -13.3. The fourth-order valence-corrected chi connectivity index (χ4v) is 20.6. The zero-order valence-corrected chi connectivity index (χ0v) is 74.6. The summed E-state index contributed by atoms with van der Waals surface area (Å²) in [7, 11) is 3.69. The third kappa shape index (κ3) is 16.1. The fourth-order valence-electron chi connectivity index (χ4n) is 20.6. The molecule has 22 rings (SSSR count). The molecular formula is C105H108F6N10O11. The highest BCUT2D eigenvalue weighted by Crippen LogP contribution is 2.54. The molecule has 1 aliphatic carbocycles. The Morgan fingerprint density at radius 3 is 1.61 bits per heavy atom. The van der Waals surface area contributed by atoms with Crippen LogP contribution in [-0.2, 0) is 52.1 Å². The van der Waals surface area contributed by atoms with Crippen molar-refractivity contribution in [3.8, 4) is 57.1 Å². The highest BCUT2D eigenvalue weighted by Gasteiger charge is 2.52. The van der Waals surface area contributed by atoms with Crippen LogP contribution in [0.25, 0.3) is 39.2 Å². The van der Waals surface area contributed by atoms with Gasteiger partial charge in [-0.3, -0.25) is 23.9 Å². The number of para-hydroxylation sites is 8. The molecule has 2 N–H and O–H groups in total. The number of benzene rings is 8. The lowest BCUT2D eigenvalue weighted by Gasteiger charge is -2.45. The molecule has 4 amide bonds. The molecule has 0 radical (unpaired) electrons. The maximum Gasteiger partial charge on any atom is 0.431 e. The Kier molecular flexibility index (Phi) is 23.0. The van der Waals surface area contributed by atoms with Gasteiger partial charge in [-0.1, -0.05) is 85.8 Å². The summed E-state index contributed by atoms with van der Waals surface area (Å²) in [5.74, 6) is 2.66. The molecule has 21 nitrogen and oxygen atoms in total. The van der Waals surface area contributed by atoms with E-state index in [0.29, 0.717) is 113 Å². The summed E-state index contributed by atoms with van der Waals surface area (Å²) in [6.07, 6.45) is 3.82. The number of nitrogens with one attached hydrogen (secondary N) is 1. The molecule has 8 aliphatic heterocycles. The van der Waals surface area contributed by atoms with Crippen LogP contribution in [0.3, 0.4) is 0 Å². The van der Waals surface area contributed by atoms with Gasteiger partial charge in [0.05, 0.1) is 81.0 Å². The van der Waals surface area contributed by atoms with Gasteiger partial charge < -0.3 is 71.8 Å². The van der Waals surface area contributed by atoms with Gasteiger partial charge >= 0.3 is 12.4 Å². The van der Waals surface area contributed by atoms with Crippen molar-refractivity contribution >= 4 is 34.5 Å². The molecule has 27 heteroatoms. The van der Waals surface area contributed by atoms with E-state index in [0.717, 1.165) is 146 Å². The molecule has 5 fully saturated rings. The van der Waals surface area contributed by atoms with Gasteiger partial charge in [-0.15, -0.1) is 0 Å². The number of aliphatic hydroxyl groups excluding tert-OH is 1. The summed E-state index contributed by atoms with van der Waals surface area (Å²) in [4.78, 5) is 63.4. The van der Waals surface area contributed by atoms with Crippen LogP contribution < -0.4 is 23.7 Å². The zero-order valence-electron chi connectivity index (χ0n) is 74.6. The minimum Gasteiger partial charge on any atom is -0.493 e. The topological polar surface area (TPSA) is 205 Å². The number of amides is 4. The second kappa shape index (κ2) is 34.5. The Morgan fingerprint density at radius 2 is 1.03 bits per heavy atom. The van der Waals surface area contributed by atoms with Gasteiger partial charge in [0.2, 0.25) is 0 Å². The van der Waals surface area contributed by atoms with Crippen molar-refractivity contribution in [1.82, 2.24) is 48.1 Å². The van der Waals surface area contributed by atoms with Crippen molar-refractivity contribution < 1.29 is 81.9 Å². The predicted octanol–water partition coefficient (Wildman–Crippen LogP) is 21.4. The zero-order chi connectivity index (χ0) is 92.0. The third-order valence-electron chi connectivity index (χ3n) is 28.0. The quantitative estimate of drug-likeness (QED) is 0.116. The van der Waals surface area contributed by atoms with Crippen LogP contribution in [0.15, 0.2) is 237 Å². The summed E-state index contributed by atoms with van der Waals surface area (Å²) in [5.41, 5.74) is 11.0. The van der Waals surface area contributed by atoms with E-state index in [-0.39, 0.29) is 44.1 Å². The number of aliphatic hydroxyl groups is 1. The van der Waals surface area contributed by atoms with Gasteiger partial charge in [-0.2, -0.15) is 31.4 Å². The number of likely N-dealkylation sites (tertiary alicyclic amines) is 4. The second-order valence-corrected chi connectivity index (χ2v) is 36.3. The number of nitrogens with zero attached hydrogens (tertiary/aromatic N) is 9. The predicted molar refractivity (Wildman–Crippen MR) is 491 cm³/mol. The number of H-pyrrole nitrogens is 1. The number of alkyl halides is 6.